The fraction of sp³-hybridized carbons (Fsp3) is 0.733. The Bertz CT molecular complexity index is 468. The van der Waals surface area contributed by atoms with Crippen LogP contribution in [0.15, 0.2) is 18.5 Å². The summed E-state index contributed by atoms with van der Waals surface area (Å²) in [4.78, 5) is 12.4. The van der Waals surface area contributed by atoms with Gasteiger partial charge in [-0.3, -0.25) is 9.48 Å². The van der Waals surface area contributed by atoms with Gasteiger partial charge in [-0.2, -0.15) is 5.10 Å². The van der Waals surface area contributed by atoms with Gasteiger partial charge in [-0.05, 0) is 31.7 Å². The van der Waals surface area contributed by atoms with Gasteiger partial charge in [0.25, 0.3) is 0 Å². The maximum Gasteiger partial charge on any atom is 0.249 e. The Morgan fingerprint density at radius 1 is 1.32 bits per heavy atom. The normalized spacial score (nSPS) is 31.5. The molecule has 1 aromatic heterocycles. The van der Waals surface area contributed by atoms with Crippen LogP contribution in [0.5, 0.6) is 0 Å². The Balaban J connectivity index is 0.00000176. The Morgan fingerprint density at radius 3 is 2.82 bits per heavy atom. The Morgan fingerprint density at radius 2 is 2.14 bits per heavy atom. The van der Waals surface area contributed by atoms with Crippen LogP contribution in [-0.2, 0) is 9.53 Å². The molecule has 124 valence electrons. The zero-order valence-corrected chi connectivity index (χ0v) is 13.5. The molecule has 0 spiro atoms. The van der Waals surface area contributed by atoms with Crippen LogP contribution in [0.1, 0.15) is 44.6 Å². The lowest BCUT2D eigenvalue weighted by molar-refractivity contribution is -0.133. The first-order valence-corrected chi connectivity index (χ1v) is 7.93. The molecule has 3 rings (SSSR count). The molecule has 0 radical (unpaired) electrons. The molecule has 1 saturated heterocycles. The highest BCUT2D eigenvalue weighted by Gasteiger charge is 2.34. The molecule has 2 aliphatic rings. The van der Waals surface area contributed by atoms with Crippen molar-refractivity contribution in [3.8, 4) is 0 Å². The van der Waals surface area contributed by atoms with E-state index in [1.165, 1.54) is 6.42 Å². The number of rotatable bonds is 4. The molecule has 2 unspecified atom stereocenters. The quantitative estimate of drug-likeness (QED) is 0.875. The standard InChI is InChI=1S/C15H24N4O2.ClH/c16-10-11-6-7-14(21-11)15(20)18-12-4-1-2-5-13(12)19-9-3-8-17-19;/h3,8-9,11-14H,1-2,4-7,10,16H2,(H,18,20);1H/t11-,12?,13?,14+;/m1./s1. The lowest BCUT2D eigenvalue weighted by Gasteiger charge is -2.33. The Hall–Kier alpha value is -1.11. The minimum Gasteiger partial charge on any atom is -0.364 e. The van der Waals surface area contributed by atoms with E-state index in [2.05, 4.69) is 10.4 Å². The monoisotopic (exact) mass is 328 g/mol. The van der Waals surface area contributed by atoms with Crippen molar-refractivity contribution in [2.45, 2.75) is 62.8 Å². The summed E-state index contributed by atoms with van der Waals surface area (Å²) < 4.78 is 7.65. The molecule has 4 atom stereocenters. The Labute approximate surface area is 137 Å². The van der Waals surface area contributed by atoms with Crippen LogP contribution in [0.3, 0.4) is 0 Å². The second kappa shape index (κ2) is 7.94. The summed E-state index contributed by atoms with van der Waals surface area (Å²) in [6, 6.07) is 2.33. The number of hydrogen-bond donors (Lipinski definition) is 2. The molecule has 6 nitrogen and oxygen atoms in total. The first-order valence-electron chi connectivity index (χ1n) is 7.93. The van der Waals surface area contributed by atoms with Gasteiger partial charge in [0.15, 0.2) is 0 Å². The largest absolute Gasteiger partial charge is 0.364 e. The number of amides is 1. The van der Waals surface area contributed by atoms with Gasteiger partial charge in [0.05, 0.1) is 18.2 Å². The number of nitrogens with two attached hydrogens (primary N) is 1. The van der Waals surface area contributed by atoms with Gasteiger partial charge in [-0.15, -0.1) is 12.4 Å². The molecule has 1 saturated carbocycles. The van der Waals surface area contributed by atoms with Crippen molar-refractivity contribution < 1.29 is 9.53 Å². The molecule has 2 fully saturated rings. The molecule has 1 amide bonds. The molecule has 0 aromatic carbocycles. The molecular weight excluding hydrogens is 304 g/mol. The van der Waals surface area contributed by atoms with E-state index in [0.717, 1.165) is 32.1 Å². The predicted octanol–water partition coefficient (Wildman–Crippen LogP) is 1.41. The van der Waals surface area contributed by atoms with E-state index in [4.69, 9.17) is 10.5 Å². The molecule has 7 heteroatoms. The number of halogens is 1. The van der Waals surface area contributed by atoms with E-state index < -0.39 is 0 Å². The van der Waals surface area contributed by atoms with Gasteiger partial charge in [-0.25, -0.2) is 0 Å². The third kappa shape index (κ3) is 3.80. The third-order valence-electron chi connectivity index (χ3n) is 4.58. The van der Waals surface area contributed by atoms with Gasteiger partial charge >= 0.3 is 0 Å². The fourth-order valence-corrected chi connectivity index (χ4v) is 3.42. The number of carbonyl (C=O) groups excluding carboxylic acids is 1. The molecule has 1 aromatic rings. The summed E-state index contributed by atoms with van der Waals surface area (Å²) in [5.74, 6) is 0.00926. The highest BCUT2D eigenvalue weighted by Crippen LogP contribution is 2.28. The van der Waals surface area contributed by atoms with Crippen molar-refractivity contribution >= 4 is 18.3 Å². The molecule has 2 heterocycles. The van der Waals surface area contributed by atoms with E-state index in [0.29, 0.717) is 6.54 Å². The van der Waals surface area contributed by atoms with E-state index >= 15 is 0 Å². The zero-order valence-electron chi connectivity index (χ0n) is 12.7. The van der Waals surface area contributed by atoms with Gasteiger partial charge < -0.3 is 15.8 Å². The van der Waals surface area contributed by atoms with Crippen molar-refractivity contribution in [2.24, 2.45) is 5.73 Å². The van der Waals surface area contributed by atoms with Gasteiger partial charge in [-0.1, -0.05) is 12.8 Å². The number of ether oxygens (including phenoxy) is 1. The van der Waals surface area contributed by atoms with Crippen molar-refractivity contribution in [3.63, 3.8) is 0 Å². The second-order valence-electron chi connectivity index (χ2n) is 6.01. The lowest BCUT2D eigenvalue weighted by Crippen LogP contribution is -2.47. The van der Waals surface area contributed by atoms with E-state index in [1.807, 2.05) is 16.9 Å². The maximum absolute atomic E-state index is 12.4. The fourth-order valence-electron chi connectivity index (χ4n) is 3.42. The molecule has 22 heavy (non-hydrogen) atoms. The highest BCUT2D eigenvalue weighted by atomic mass is 35.5. The Kier molecular flexibility index (Phi) is 6.23. The van der Waals surface area contributed by atoms with Gasteiger partial charge in [0, 0.05) is 18.9 Å². The summed E-state index contributed by atoms with van der Waals surface area (Å²) in [7, 11) is 0. The first-order chi connectivity index (χ1) is 10.3. The smallest absolute Gasteiger partial charge is 0.249 e. The van der Waals surface area contributed by atoms with Crippen LogP contribution in [-0.4, -0.2) is 40.5 Å². The first kappa shape index (κ1) is 17.2. The third-order valence-corrected chi connectivity index (χ3v) is 4.58. The summed E-state index contributed by atoms with van der Waals surface area (Å²) >= 11 is 0. The summed E-state index contributed by atoms with van der Waals surface area (Å²) in [5.41, 5.74) is 5.60. The topological polar surface area (TPSA) is 82.2 Å². The minimum absolute atomic E-state index is 0. The van der Waals surface area contributed by atoms with Crippen molar-refractivity contribution in [1.82, 2.24) is 15.1 Å². The minimum atomic E-state index is -0.334. The maximum atomic E-state index is 12.4. The number of nitrogens with zero attached hydrogens (tertiary/aromatic N) is 2. The van der Waals surface area contributed by atoms with Crippen LogP contribution >= 0.6 is 12.4 Å². The van der Waals surface area contributed by atoms with Crippen molar-refractivity contribution in [2.75, 3.05) is 6.54 Å². The number of aromatic nitrogens is 2. The number of carbonyl (C=O) groups is 1. The van der Waals surface area contributed by atoms with E-state index in [9.17, 15) is 4.79 Å². The average Bonchev–Trinajstić information content (AvgIpc) is 3.19. The van der Waals surface area contributed by atoms with Crippen LogP contribution in [0.2, 0.25) is 0 Å². The van der Waals surface area contributed by atoms with E-state index in [1.54, 1.807) is 6.20 Å². The molecule has 1 aliphatic heterocycles. The van der Waals surface area contributed by atoms with Crippen LogP contribution < -0.4 is 11.1 Å². The summed E-state index contributed by atoms with van der Waals surface area (Å²) in [5, 5.41) is 7.52. The van der Waals surface area contributed by atoms with Crippen molar-refractivity contribution in [3.05, 3.63) is 18.5 Å². The van der Waals surface area contributed by atoms with Crippen molar-refractivity contribution in [1.29, 1.82) is 0 Å². The molecular formula is C15H25ClN4O2. The van der Waals surface area contributed by atoms with Gasteiger partial charge in [0.2, 0.25) is 5.91 Å². The predicted molar refractivity (Wildman–Crippen MR) is 85.9 cm³/mol. The van der Waals surface area contributed by atoms with Crippen LogP contribution in [0, 0.1) is 0 Å². The number of nitrogens with one attached hydrogen (secondary N) is 1. The van der Waals surface area contributed by atoms with Gasteiger partial charge in [0.1, 0.15) is 6.10 Å². The molecule has 0 bridgehead atoms. The summed E-state index contributed by atoms with van der Waals surface area (Å²) in [6.45, 7) is 0.489. The zero-order chi connectivity index (χ0) is 14.7. The average molecular weight is 329 g/mol. The van der Waals surface area contributed by atoms with E-state index in [-0.39, 0.29) is 42.6 Å². The molecule has 3 N–H and O–H groups in total. The molecule has 1 aliphatic carbocycles. The highest BCUT2D eigenvalue weighted by molar-refractivity contribution is 5.85. The van der Waals surface area contributed by atoms with Crippen LogP contribution in [0.25, 0.3) is 0 Å². The number of hydrogen-bond acceptors (Lipinski definition) is 4. The SMILES string of the molecule is Cl.NC[C@H]1CC[C@@H](C(=O)NC2CCCCC2n2cccn2)O1. The second-order valence-corrected chi connectivity index (χ2v) is 6.01. The lowest BCUT2D eigenvalue weighted by atomic mass is 9.90. The van der Waals surface area contributed by atoms with Crippen LogP contribution in [0.4, 0.5) is 0 Å². The summed E-state index contributed by atoms with van der Waals surface area (Å²) in [6.07, 6.45) is 9.52.